The van der Waals surface area contributed by atoms with Crippen LogP contribution in [0.3, 0.4) is 0 Å². The van der Waals surface area contributed by atoms with Gasteiger partial charge >= 0.3 is 0 Å². The van der Waals surface area contributed by atoms with E-state index in [1.165, 1.54) is 27.4 Å². The van der Waals surface area contributed by atoms with E-state index in [9.17, 15) is 4.79 Å². The molecule has 3 rings (SSSR count). The Morgan fingerprint density at radius 2 is 1.69 bits per heavy atom. The number of ketones is 1. The minimum absolute atomic E-state index is 0.181. The van der Waals surface area contributed by atoms with Crippen LogP contribution in [0.15, 0.2) is 30.3 Å². The Balaban J connectivity index is 1.88. The number of fused-ring (bicyclic) bond motifs is 1. The summed E-state index contributed by atoms with van der Waals surface area (Å²) >= 11 is 0. The molecule has 0 bridgehead atoms. The fraction of sp³-hybridized carbons (Fsp3) is 0.250. The van der Waals surface area contributed by atoms with Gasteiger partial charge in [0.1, 0.15) is 0 Å². The van der Waals surface area contributed by atoms with Crippen molar-refractivity contribution in [3.63, 3.8) is 0 Å². The molecule has 0 unspecified atom stereocenters. The van der Waals surface area contributed by atoms with Gasteiger partial charge in [0.05, 0.1) is 21.3 Å². The van der Waals surface area contributed by atoms with Crippen molar-refractivity contribution in [2.24, 2.45) is 0 Å². The van der Waals surface area contributed by atoms with Crippen LogP contribution in [0.5, 0.6) is 28.7 Å². The number of aryl methyl sites for hydroxylation is 1. The van der Waals surface area contributed by atoms with Gasteiger partial charge in [0.2, 0.25) is 12.5 Å². The Hall–Kier alpha value is -3.15. The second kappa shape index (κ2) is 7.39. The summed E-state index contributed by atoms with van der Waals surface area (Å²) in [6.07, 6.45) is 3.23. The number of rotatable bonds is 6. The Morgan fingerprint density at radius 3 is 2.31 bits per heavy atom. The third-order valence-electron chi connectivity index (χ3n) is 4.06. The summed E-state index contributed by atoms with van der Waals surface area (Å²) in [7, 11) is 4.54. The summed E-state index contributed by atoms with van der Waals surface area (Å²) in [5, 5.41) is 0. The molecule has 26 heavy (non-hydrogen) atoms. The number of hydrogen-bond donors (Lipinski definition) is 0. The number of carbonyl (C=O) groups excluding carboxylic acids is 1. The lowest BCUT2D eigenvalue weighted by molar-refractivity contribution is 0.104. The van der Waals surface area contributed by atoms with Gasteiger partial charge in [0.25, 0.3) is 0 Å². The fourth-order valence-corrected chi connectivity index (χ4v) is 2.80. The van der Waals surface area contributed by atoms with Crippen molar-refractivity contribution in [2.45, 2.75) is 6.92 Å². The van der Waals surface area contributed by atoms with E-state index in [0.717, 1.165) is 16.9 Å². The highest BCUT2D eigenvalue weighted by atomic mass is 16.7. The smallest absolute Gasteiger partial charge is 0.231 e. The van der Waals surface area contributed by atoms with Gasteiger partial charge in [-0.05, 0) is 48.4 Å². The molecule has 0 saturated carbocycles. The van der Waals surface area contributed by atoms with Gasteiger partial charge in [-0.1, -0.05) is 6.08 Å². The van der Waals surface area contributed by atoms with E-state index < -0.39 is 0 Å². The highest BCUT2D eigenvalue weighted by molar-refractivity contribution is 6.07. The average molecular weight is 356 g/mol. The van der Waals surface area contributed by atoms with E-state index in [2.05, 4.69) is 0 Å². The average Bonchev–Trinajstić information content (AvgIpc) is 3.14. The van der Waals surface area contributed by atoms with Crippen LogP contribution in [-0.2, 0) is 0 Å². The highest BCUT2D eigenvalue weighted by Crippen LogP contribution is 2.39. The second-order valence-corrected chi connectivity index (χ2v) is 5.68. The molecule has 1 heterocycles. The van der Waals surface area contributed by atoms with E-state index in [-0.39, 0.29) is 12.6 Å². The summed E-state index contributed by atoms with van der Waals surface area (Å²) < 4.78 is 26.7. The first-order valence-corrected chi connectivity index (χ1v) is 8.00. The number of carbonyl (C=O) groups is 1. The van der Waals surface area contributed by atoms with E-state index in [1.807, 2.05) is 19.1 Å². The van der Waals surface area contributed by atoms with Gasteiger partial charge in [-0.2, -0.15) is 0 Å². The van der Waals surface area contributed by atoms with Crippen LogP contribution < -0.4 is 23.7 Å². The maximum absolute atomic E-state index is 12.6. The number of ether oxygens (including phenoxy) is 5. The fourth-order valence-electron chi connectivity index (χ4n) is 2.80. The van der Waals surface area contributed by atoms with Crippen LogP contribution in [0, 0.1) is 6.92 Å². The zero-order valence-electron chi connectivity index (χ0n) is 15.1. The molecule has 2 aromatic rings. The molecule has 0 radical (unpaired) electrons. The third kappa shape index (κ3) is 3.31. The standard InChI is InChI=1S/C20H20O6/c1-12-7-13(8-18-19(12)26-11-25-18)5-6-15(21)14-9-16(22-2)20(24-4)17(10-14)23-3/h5-10H,11H2,1-4H3/b6-5+. The summed E-state index contributed by atoms with van der Waals surface area (Å²) in [6.45, 7) is 2.15. The molecule has 6 heteroatoms. The van der Waals surface area contributed by atoms with E-state index in [0.29, 0.717) is 28.6 Å². The first-order valence-electron chi connectivity index (χ1n) is 8.00. The minimum atomic E-state index is -0.181. The third-order valence-corrected chi connectivity index (χ3v) is 4.06. The zero-order chi connectivity index (χ0) is 18.7. The van der Waals surface area contributed by atoms with Crippen molar-refractivity contribution in [3.8, 4) is 28.7 Å². The van der Waals surface area contributed by atoms with Gasteiger partial charge in [0.15, 0.2) is 28.8 Å². The molecule has 1 aliphatic rings. The highest BCUT2D eigenvalue weighted by Gasteiger charge is 2.17. The van der Waals surface area contributed by atoms with E-state index in [1.54, 1.807) is 18.2 Å². The Morgan fingerprint density at radius 1 is 1.00 bits per heavy atom. The Labute approximate surface area is 151 Å². The van der Waals surface area contributed by atoms with Crippen LogP contribution in [0.25, 0.3) is 6.08 Å². The number of allylic oxidation sites excluding steroid dienone is 1. The molecule has 0 N–H and O–H groups in total. The molecule has 0 atom stereocenters. The van der Waals surface area contributed by atoms with E-state index in [4.69, 9.17) is 23.7 Å². The van der Waals surface area contributed by atoms with E-state index >= 15 is 0 Å². The molecule has 0 amide bonds. The quantitative estimate of drug-likeness (QED) is 0.582. The van der Waals surface area contributed by atoms with Crippen LogP contribution >= 0.6 is 0 Å². The second-order valence-electron chi connectivity index (χ2n) is 5.68. The largest absolute Gasteiger partial charge is 0.493 e. The molecule has 0 saturated heterocycles. The predicted octanol–water partition coefficient (Wildman–Crippen LogP) is 3.65. The van der Waals surface area contributed by atoms with Crippen molar-refractivity contribution in [3.05, 3.63) is 47.0 Å². The molecule has 6 nitrogen and oxygen atoms in total. The molecule has 2 aromatic carbocycles. The molecule has 0 aliphatic carbocycles. The molecule has 1 aliphatic heterocycles. The number of methoxy groups -OCH3 is 3. The lowest BCUT2D eigenvalue weighted by Crippen LogP contribution is -2.00. The Bertz CT molecular complexity index is 844. The maximum atomic E-state index is 12.6. The summed E-state index contributed by atoms with van der Waals surface area (Å²) in [4.78, 5) is 12.6. The van der Waals surface area contributed by atoms with Crippen molar-refractivity contribution < 1.29 is 28.5 Å². The maximum Gasteiger partial charge on any atom is 0.231 e. The SMILES string of the molecule is COc1cc(C(=O)/C=C/c2cc(C)c3c(c2)OCO3)cc(OC)c1OC. The first kappa shape index (κ1) is 17.7. The number of benzene rings is 2. The van der Waals surface area contributed by atoms with Crippen LogP contribution in [0.2, 0.25) is 0 Å². The molecule has 136 valence electrons. The summed E-state index contributed by atoms with van der Waals surface area (Å²) in [6, 6.07) is 7.03. The van der Waals surface area contributed by atoms with Crippen LogP contribution in [-0.4, -0.2) is 33.9 Å². The van der Waals surface area contributed by atoms with Crippen LogP contribution in [0.1, 0.15) is 21.5 Å². The summed E-state index contributed by atoms with van der Waals surface area (Å²) in [5.74, 6) is 2.56. The topological polar surface area (TPSA) is 63.2 Å². The minimum Gasteiger partial charge on any atom is -0.493 e. The normalized spacial score (nSPS) is 12.3. The molecular weight excluding hydrogens is 336 g/mol. The summed E-state index contributed by atoms with van der Waals surface area (Å²) in [5.41, 5.74) is 2.25. The lowest BCUT2D eigenvalue weighted by Gasteiger charge is -2.13. The molecular formula is C20H20O6. The van der Waals surface area contributed by atoms with Crippen LogP contribution in [0.4, 0.5) is 0 Å². The molecule has 0 spiro atoms. The van der Waals surface area contributed by atoms with Gasteiger partial charge in [-0.15, -0.1) is 0 Å². The van der Waals surface area contributed by atoms with Gasteiger partial charge in [0, 0.05) is 5.56 Å². The van der Waals surface area contributed by atoms with Gasteiger partial charge in [-0.25, -0.2) is 0 Å². The van der Waals surface area contributed by atoms with Gasteiger partial charge < -0.3 is 23.7 Å². The predicted molar refractivity (Wildman–Crippen MR) is 96.8 cm³/mol. The zero-order valence-corrected chi connectivity index (χ0v) is 15.1. The van der Waals surface area contributed by atoms with Gasteiger partial charge in [-0.3, -0.25) is 4.79 Å². The van der Waals surface area contributed by atoms with Crippen molar-refractivity contribution in [1.29, 1.82) is 0 Å². The lowest BCUT2D eigenvalue weighted by atomic mass is 10.1. The molecule has 0 fully saturated rings. The first-order chi connectivity index (χ1) is 12.6. The monoisotopic (exact) mass is 356 g/mol. The molecule has 0 aromatic heterocycles. The van der Waals surface area contributed by atoms with Crippen molar-refractivity contribution in [2.75, 3.05) is 28.1 Å². The Kier molecular flexibility index (Phi) is 5.02. The van der Waals surface area contributed by atoms with Crippen molar-refractivity contribution in [1.82, 2.24) is 0 Å². The van der Waals surface area contributed by atoms with Crippen molar-refractivity contribution >= 4 is 11.9 Å². The number of hydrogen-bond acceptors (Lipinski definition) is 6.